The van der Waals surface area contributed by atoms with Gasteiger partial charge in [0.1, 0.15) is 17.5 Å². The zero-order valence-corrected chi connectivity index (χ0v) is 47.4. The lowest BCUT2D eigenvalue weighted by molar-refractivity contribution is -0.0559. The quantitative estimate of drug-likeness (QED) is 0.0528. The number of rotatable bonds is 15. The number of hydrogen-bond donors (Lipinski definition) is 6. The van der Waals surface area contributed by atoms with Crippen molar-refractivity contribution in [3.8, 4) is 0 Å². The number of ketones is 3. The minimum absolute atomic E-state index is 0.0856. The fourth-order valence-corrected chi connectivity index (χ4v) is 11.3. The van der Waals surface area contributed by atoms with Gasteiger partial charge in [-0.2, -0.15) is 0 Å². The summed E-state index contributed by atoms with van der Waals surface area (Å²) in [5, 5.41) is 62.3. The first-order chi connectivity index (χ1) is 37.7. The average molecular weight is 1230 g/mol. The van der Waals surface area contributed by atoms with Gasteiger partial charge in [-0.15, -0.1) is 0 Å². The van der Waals surface area contributed by atoms with Gasteiger partial charge in [-0.05, 0) is 189 Å². The molecule has 2 saturated carbocycles. The summed E-state index contributed by atoms with van der Waals surface area (Å²) in [5.41, 5.74) is -4.88. The Morgan fingerprint density at radius 1 is 0.487 bits per heavy atom. The number of aliphatic hydroxyl groups excluding tert-OH is 1. The lowest BCUT2D eigenvalue weighted by Gasteiger charge is -2.40. The van der Waals surface area contributed by atoms with Crippen LogP contribution in [-0.2, 0) is 11.2 Å². The number of halogens is 7. The Labute approximate surface area is 483 Å². The first-order valence-electron chi connectivity index (χ1n) is 25.6. The van der Waals surface area contributed by atoms with Crippen LogP contribution in [0.2, 0.25) is 15.1 Å². The lowest BCUT2D eigenvalue weighted by atomic mass is 9.69. The Morgan fingerprint density at radius 3 is 1.07 bits per heavy atom. The molecule has 0 saturated heterocycles. The molecule has 12 nitrogen and oxygen atoms in total. The number of carbonyl (C=O) groups excluding carboxylic acids is 3. The molecule has 0 aliphatic heterocycles. The first-order valence-corrected chi connectivity index (χ1v) is 27.6. The van der Waals surface area contributed by atoms with Crippen LogP contribution in [0.1, 0.15) is 175 Å². The van der Waals surface area contributed by atoms with Crippen LogP contribution in [0.3, 0.4) is 0 Å². The maximum Gasteiger partial charge on any atom is 0.336 e. The van der Waals surface area contributed by atoms with E-state index in [-0.39, 0.29) is 50.5 Å². The van der Waals surface area contributed by atoms with E-state index in [1.54, 1.807) is 6.92 Å². The van der Waals surface area contributed by atoms with Crippen molar-refractivity contribution in [2.45, 2.75) is 102 Å². The van der Waals surface area contributed by atoms with Crippen LogP contribution in [0.25, 0.3) is 0 Å². The predicted octanol–water partition coefficient (Wildman–Crippen LogP) is 14.6. The maximum absolute atomic E-state index is 15.2. The number of hydrogen-bond acceptors (Lipinski definition) is 9. The van der Waals surface area contributed by atoms with Crippen molar-refractivity contribution in [3.05, 3.63) is 207 Å². The van der Waals surface area contributed by atoms with Crippen molar-refractivity contribution in [2.24, 2.45) is 17.8 Å². The molecule has 422 valence electrons. The number of carboxylic acids is 3. The van der Waals surface area contributed by atoms with Crippen molar-refractivity contribution >= 4 is 86.0 Å². The van der Waals surface area contributed by atoms with E-state index in [1.165, 1.54) is 91.0 Å². The standard InChI is InChI=1S/C24H26ClFO4.C23H24ClFO5.C14H7BrClFO3/c1-3-24(30,16-8-4-14(2)5-9-16)17-12-19(23(28)29)21(20(26)13-17)22(27)15-6-10-18(25)11-7-15;1-2-23(30,14-5-9-17(26)10-6-14)15-11-18(22(28)29)20(19(25)12-15)21(27)13-3-7-16(24)8-4-13;15-8-5-10(14(19)20)12(11(17)6-8)13(18)7-1-3-9(16)4-2-7/h6-7,10-14,16,30H,3-5,8-9H2,1-2H3,(H,28,29);3-4,7-8,11-12,14,17,26,30H,2,5-6,9-10H2,1H3,(H,28,29);1-6H,(H,19,20). The second-order valence-corrected chi connectivity index (χ2v) is 22.2. The Kier molecular flexibility index (Phi) is 21.3. The molecule has 0 bridgehead atoms. The SMILES string of the molecule is CCC(O)(c1cc(F)c(C(=O)c2ccc(Cl)cc2)c(C(=O)O)c1)C1CCC(C)CC1.CCC(O)(c1cc(F)c(C(=O)c2ccc(Cl)cc2)c(C(=O)O)c1)C1CCC(O)CC1.O=C(O)c1cc(Br)cc(F)c1C(=O)c1ccc(Cl)cc1. The lowest BCUT2D eigenvalue weighted by Crippen LogP contribution is -2.38. The summed E-state index contributed by atoms with van der Waals surface area (Å²) in [4.78, 5) is 72.9. The molecule has 2 aliphatic carbocycles. The minimum atomic E-state index is -1.45. The molecular weight excluding hydrogens is 1170 g/mol. The van der Waals surface area contributed by atoms with Gasteiger partial charge in [-0.1, -0.05) is 84.3 Å². The molecule has 0 aromatic heterocycles. The summed E-state index contributed by atoms with van der Waals surface area (Å²) in [6.45, 7) is 5.72. The van der Waals surface area contributed by atoms with Crippen molar-refractivity contribution in [1.82, 2.24) is 0 Å². The number of aliphatic hydroxyl groups is 3. The van der Waals surface area contributed by atoms with E-state index in [2.05, 4.69) is 22.9 Å². The Bertz CT molecular complexity index is 3130. The molecule has 0 spiro atoms. The molecule has 19 heteroatoms. The van der Waals surface area contributed by atoms with Crippen molar-refractivity contribution in [2.75, 3.05) is 0 Å². The number of carboxylic acid groups (broad SMARTS) is 3. The van der Waals surface area contributed by atoms with E-state index in [1.807, 2.05) is 6.92 Å². The Balaban J connectivity index is 0.000000198. The third kappa shape index (κ3) is 14.4. The van der Waals surface area contributed by atoms with Gasteiger partial charge in [0.2, 0.25) is 0 Å². The van der Waals surface area contributed by atoms with E-state index in [0.29, 0.717) is 53.1 Å². The fourth-order valence-electron chi connectivity index (χ4n) is 10.5. The van der Waals surface area contributed by atoms with Gasteiger partial charge < -0.3 is 30.6 Å². The Morgan fingerprint density at radius 2 is 0.775 bits per heavy atom. The van der Waals surface area contributed by atoms with Crippen LogP contribution in [0, 0.1) is 35.2 Å². The Hall–Kier alpha value is -6.24. The molecule has 2 unspecified atom stereocenters. The van der Waals surface area contributed by atoms with E-state index in [9.17, 15) is 58.7 Å². The van der Waals surface area contributed by atoms with E-state index < -0.39 is 103 Å². The van der Waals surface area contributed by atoms with Gasteiger partial charge in [-0.3, -0.25) is 14.4 Å². The fraction of sp³-hybridized carbons (Fsp3) is 0.311. The smallest absolute Gasteiger partial charge is 0.336 e. The molecule has 6 N–H and O–H groups in total. The zero-order chi connectivity index (χ0) is 59.0. The van der Waals surface area contributed by atoms with Crippen LogP contribution >= 0.6 is 50.7 Å². The maximum atomic E-state index is 15.2. The molecule has 0 heterocycles. The van der Waals surface area contributed by atoms with Crippen LogP contribution < -0.4 is 0 Å². The van der Waals surface area contributed by atoms with E-state index >= 15 is 8.78 Å². The summed E-state index contributed by atoms with van der Waals surface area (Å²) in [6, 6.07) is 24.2. The van der Waals surface area contributed by atoms with Crippen molar-refractivity contribution in [1.29, 1.82) is 0 Å². The van der Waals surface area contributed by atoms with Gasteiger partial charge in [-0.25, -0.2) is 27.6 Å². The summed E-state index contributed by atoms with van der Waals surface area (Å²) in [7, 11) is 0. The third-order valence-electron chi connectivity index (χ3n) is 15.1. The third-order valence-corrected chi connectivity index (χ3v) is 16.3. The van der Waals surface area contributed by atoms with Gasteiger partial charge in [0, 0.05) is 36.2 Å². The monoisotopic (exact) mass is 1220 g/mol. The molecule has 6 aromatic rings. The molecule has 2 fully saturated rings. The average Bonchev–Trinajstić information content (AvgIpc) is 3.58. The van der Waals surface area contributed by atoms with E-state index in [4.69, 9.17) is 39.9 Å². The zero-order valence-electron chi connectivity index (χ0n) is 43.6. The van der Waals surface area contributed by atoms with Gasteiger partial charge in [0.05, 0.1) is 50.7 Å². The summed E-state index contributed by atoms with van der Waals surface area (Å²) < 4.78 is 44.5. The first kappa shape index (κ1) is 62.9. The summed E-state index contributed by atoms with van der Waals surface area (Å²) in [6.07, 6.45) is 5.80. The summed E-state index contributed by atoms with van der Waals surface area (Å²) >= 11 is 20.4. The molecule has 2 atom stereocenters. The molecule has 2 aliphatic rings. The van der Waals surface area contributed by atoms with Gasteiger partial charge >= 0.3 is 17.9 Å². The largest absolute Gasteiger partial charge is 0.478 e. The number of benzene rings is 6. The highest BCUT2D eigenvalue weighted by atomic mass is 79.9. The minimum Gasteiger partial charge on any atom is -0.478 e. The van der Waals surface area contributed by atoms with Crippen LogP contribution in [0.4, 0.5) is 13.2 Å². The number of aromatic carboxylic acids is 3. The molecule has 0 radical (unpaired) electrons. The summed E-state index contributed by atoms with van der Waals surface area (Å²) in [5.74, 6) is -9.03. The van der Waals surface area contributed by atoms with Gasteiger partial charge in [0.15, 0.2) is 17.3 Å². The van der Waals surface area contributed by atoms with Crippen LogP contribution in [0.5, 0.6) is 0 Å². The highest BCUT2D eigenvalue weighted by molar-refractivity contribution is 9.10. The molecule has 8 rings (SSSR count). The molecule has 0 amide bonds. The molecular formula is C61H57BrCl3F3O12. The van der Waals surface area contributed by atoms with Crippen LogP contribution in [-0.4, -0.2) is 72.0 Å². The molecule has 6 aromatic carbocycles. The van der Waals surface area contributed by atoms with Crippen molar-refractivity contribution < 1.29 is 72.6 Å². The number of carbonyl (C=O) groups is 6. The van der Waals surface area contributed by atoms with Crippen molar-refractivity contribution in [3.63, 3.8) is 0 Å². The van der Waals surface area contributed by atoms with E-state index in [0.717, 1.165) is 43.9 Å². The predicted molar refractivity (Wildman–Crippen MR) is 300 cm³/mol. The highest BCUT2D eigenvalue weighted by Crippen LogP contribution is 2.45. The highest BCUT2D eigenvalue weighted by Gasteiger charge is 2.42. The topological polar surface area (TPSA) is 224 Å². The second-order valence-electron chi connectivity index (χ2n) is 20.0. The van der Waals surface area contributed by atoms with Gasteiger partial charge in [0.25, 0.3) is 0 Å². The molecule has 80 heavy (non-hydrogen) atoms. The normalized spacial score (nSPS) is 18.4. The van der Waals surface area contributed by atoms with Crippen LogP contribution in [0.15, 0.2) is 114 Å². The second kappa shape index (κ2) is 27.0.